The Balaban J connectivity index is 1.99. The van der Waals surface area contributed by atoms with Crippen molar-refractivity contribution in [1.82, 2.24) is 0 Å². The van der Waals surface area contributed by atoms with Crippen LogP contribution in [-0.2, 0) is 4.74 Å². The van der Waals surface area contributed by atoms with Crippen molar-refractivity contribution in [2.75, 3.05) is 6.61 Å². The van der Waals surface area contributed by atoms with E-state index in [1.165, 1.54) is 12.8 Å². The first-order valence-electron chi connectivity index (χ1n) is 6.28. The van der Waals surface area contributed by atoms with Crippen LogP contribution in [0.5, 0.6) is 0 Å². The molecule has 2 N–H and O–H groups in total. The maximum Gasteiger partial charge on any atom is 0.488 e. The van der Waals surface area contributed by atoms with Gasteiger partial charge in [-0.3, -0.25) is 0 Å². The first-order chi connectivity index (χ1) is 8.20. The second-order valence-electron chi connectivity index (χ2n) is 4.71. The van der Waals surface area contributed by atoms with Crippen LogP contribution >= 0.6 is 0 Å². The topological polar surface area (TPSA) is 49.7 Å². The van der Waals surface area contributed by atoms with Gasteiger partial charge in [0.15, 0.2) is 0 Å². The summed E-state index contributed by atoms with van der Waals surface area (Å²) in [7, 11) is -1.39. The number of rotatable bonds is 3. The van der Waals surface area contributed by atoms with E-state index in [1.54, 1.807) is 12.1 Å². The molecule has 92 valence electrons. The van der Waals surface area contributed by atoms with Gasteiger partial charge < -0.3 is 14.8 Å². The van der Waals surface area contributed by atoms with Crippen molar-refractivity contribution in [3.8, 4) is 0 Å². The van der Waals surface area contributed by atoms with Gasteiger partial charge in [0.25, 0.3) is 0 Å². The van der Waals surface area contributed by atoms with Gasteiger partial charge >= 0.3 is 7.12 Å². The molecule has 0 radical (unpaired) electrons. The fraction of sp³-hybridized carbons (Fsp3) is 0.538. The quantitative estimate of drug-likeness (QED) is 0.773. The summed E-state index contributed by atoms with van der Waals surface area (Å²) in [6.45, 7) is 3.04. The standard InChI is InChI=1S/C13H19BO3/c1-2-10-3-8-13(17-9-10)11-4-6-12(7-5-11)14(15)16/h4-7,10,13,15-16H,2-3,8-9H2,1H3/t10-,13+/m1/s1. The van der Waals surface area contributed by atoms with Gasteiger partial charge in [0.2, 0.25) is 0 Å². The molecule has 0 aromatic heterocycles. The van der Waals surface area contributed by atoms with E-state index in [4.69, 9.17) is 14.8 Å². The third kappa shape index (κ3) is 3.09. The predicted molar refractivity (Wildman–Crippen MR) is 68.0 cm³/mol. The molecule has 1 aromatic rings. The zero-order valence-corrected chi connectivity index (χ0v) is 10.2. The first kappa shape index (κ1) is 12.6. The van der Waals surface area contributed by atoms with Gasteiger partial charge in [0.05, 0.1) is 12.7 Å². The summed E-state index contributed by atoms with van der Waals surface area (Å²) >= 11 is 0. The van der Waals surface area contributed by atoms with Crippen molar-refractivity contribution in [2.45, 2.75) is 32.3 Å². The fourth-order valence-corrected chi connectivity index (χ4v) is 2.27. The first-order valence-corrected chi connectivity index (χ1v) is 6.28. The lowest BCUT2D eigenvalue weighted by Crippen LogP contribution is -2.29. The van der Waals surface area contributed by atoms with E-state index in [0.29, 0.717) is 11.4 Å². The highest BCUT2D eigenvalue weighted by Crippen LogP contribution is 2.31. The fourth-order valence-electron chi connectivity index (χ4n) is 2.27. The Labute approximate surface area is 103 Å². The van der Waals surface area contributed by atoms with Crippen molar-refractivity contribution in [3.05, 3.63) is 29.8 Å². The highest BCUT2D eigenvalue weighted by atomic mass is 16.5. The Hall–Kier alpha value is -0.835. The minimum Gasteiger partial charge on any atom is -0.423 e. The predicted octanol–water partition coefficient (Wildman–Crippen LogP) is 1.24. The average molecular weight is 234 g/mol. The van der Waals surface area contributed by atoms with Gasteiger partial charge in [-0.1, -0.05) is 37.6 Å². The van der Waals surface area contributed by atoms with Crippen LogP contribution in [0.1, 0.15) is 37.9 Å². The Morgan fingerprint density at radius 1 is 1.24 bits per heavy atom. The monoisotopic (exact) mass is 234 g/mol. The van der Waals surface area contributed by atoms with E-state index in [9.17, 15) is 0 Å². The minimum atomic E-state index is -1.39. The summed E-state index contributed by atoms with van der Waals surface area (Å²) in [4.78, 5) is 0. The average Bonchev–Trinajstić information content (AvgIpc) is 2.39. The molecule has 1 aliphatic rings. The third-order valence-electron chi connectivity index (χ3n) is 3.55. The van der Waals surface area contributed by atoms with Crippen LogP contribution in [0.2, 0.25) is 0 Å². The molecular weight excluding hydrogens is 215 g/mol. The zero-order valence-electron chi connectivity index (χ0n) is 10.2. The van der Waals surface area contributed by atoms with Gasteiger partial charge in [0, 0.05) is 0 Å². The lowest BCUT2D eigenvalue weighted by molar-refractivity contribution is -0.0180. The summed E-state index contributed by atoms with van der Waals surface area (Å²) in [6, 6.07) is 7.34. The lowest BCUT2D eigenvalue weighted by Gasteiger charge is -2.28. The third-order valence-corrected chi connectivity index (χ3v) is 3.55. The molecular formula is C13H19BO3. The van der Waals surface area contributed by atoms with Crippen molar-refractivity contribution in [3.63, 3.8) is 0 Å². The second-order valence-corrected chi connectivity index (χ2v) is 4.71. The minimum absolute atomic E-state index is 0.169. The van der Waals surface area contributed by atoms with E-state index in [-0.39, 0.29) is 6.10 Å². The van der Waals surface area contributed by atoms with Gasteiger partial charge in [0.1, 0.15) is 0 Å². The van der Waals surface area contributed by atoms with Crippen LogP contribution in [0.4, 0.5) is 0 Å². The molecule has 4 heteroatoms. The highest BCUT2D eigenvalue weighted by Gasteiger charge is 2.22. The maximum atomic E-state index is 9.02. The van der Waals surface area contributed by atoms with Gasteiger partial charge in [-0.05, 0) is 29.8 Å². The Morgan fingerprint density at radius 2 is 1.94 bits per heavy atom. The summed E-state index contributed by atoms with van der Waals surface area (Å²) in [5.74, 6) is 0.699. The number of hydrogen-bond donors (Lipinski definition) is 2. The molecule has 0 spiro atoms. The van der Waals surface area contributed by atoms with Crippen LogP contribution in [0, 0.1) is 5.92 Å². The molecule has 17 heavy (non-hydrogen) atoms. The molecule has 1 aromatic carbocycles. The smallest absolute Gasteiger partial charge is 0.423 e. The van der Waals surface area contributed by atoms with Crippen molar-refractivity contribution >= 4 is 12.6 Å². The normalized spacial score (nSPS) is 24.6. The van der Waals surface area contributed by atoms with Gasteiger partial charge in [-0.15, -0.1) is 0 Å². The molecule has 0 amide bonds. The molecule has 2 rings (SSSR count). The van der Waals surface area contributed by atoms with E-state index in [2.05, 4.69) is 6.92 Å². The largest absolute Gasteiger partial charge is 0.488 e. The van der Waals surface area contributed by atoms with Gasteiger partial charge in [-0.25, -0.2) is 0 Å². The Morgan fingerprint density at radius 3 is 2.41 bits per heavy atom. The Kier molecular flexibility index (Phi) is 4.21. The van der Waals surface area contributed by atoms with Crippen LogP contribution in [-0.4, -0.2) is 23.8 Å². The van der Waals surface area contributed by atoms with Crippen LogP contribution < -0.4 is 5.46 Å². The summed E-state index contributed by atoms with van der Waals surface area (Å²) < 4.78 is 5.84. The molecule has 0 aliphatic carbocycles. The van der Waals surface area contributed by atoms with Crippen LogP contribution in [0.25, 0.3) is 0 Å². The number of benzene rings is 1. The summed E-state index contributed by atoms with van der Waals surface area (Å²) in [5.41, 5.74) is 1.65. The zero-order chi connectivity index (χ0) is 12.3. The highest BCUT2D eigenvalue weighted by molar-refractivity contribution is 6.58. The molecule has 3 nitrogen and oxygen atoms in total. The molecule has 1 saturated heterocycles. The lowest BCUT2D eigenvalue weighted by atomic mass is 9.79. The van der Waals surface area contributed by atoms with Crippen molar-refractivity contribution < 1.29 is 14.8 Å². The molecule has 2 atom stereocenters. The summed E-state index contributed by atoms with van der Waals surface area (Å²) in [6.07, 6.45) is 3.62. The van der Waals surface area contributed by atoms with E-state index >= 15 is 0 Å². The molecule has 1 aliphatic heterocycles. The molecule has 1 heterocycles. The van der Waals surface area contributed by atoms with E-state index in [0.717, 1.165) is 18.6 Å². The van der Waals surface area contributed by atoms with E-state index in [1.807, 2.05) is 12.1 Å². The SMILES string of the molecule is CC[C@@H]1CC[C@@H](c2ccc(B(O)O)cc2)OC1. The second kappa shape index (κ2) is 5.67. The van der Waals surface area contributed by atoms with Crippen molar-refractivity contribution in [2.24, 2.45) is 5.92 Å². The molecule has 0 saturated carbocycles. The Bertz CT molecular complexity index is 342. The molecule has 0 bridgehead atoms. The van der Waals surface area contributed by atoms with Gasteiger partial charge in [-0.2, -0.15) is 0 Å². The maximum absolute atomic E-state index is 9.02. The number of ether oxygens (including phenoxy) is 1. The van der Waals surface area contributed by atoms with Crippen LogP contribution in [0.15, 0.2) is 24.3 Å². The number of hydrogen-bond acceptors (Lipinski definition) is 3. The summed E-state index contributed by atoms with van der Waals surface area (Å²) in [5, 5.41) is 18.0. The molecule has 1 fully saturated rings. The molecule has 0 unspecified atom stereocenters. The van der Waals surface area contributed by atoms with Crippen LogP contribution in [0.3, 0.4) is 0 Å². The van der Waals surface area contributed by atoms with E-state index < -0.39 is 7.12 Å². The van der Waals surface area contributed by atoms with Crippen molar-refractivity contribution in [1.29, 1.82) is 0 Å².